The molecule has 1 fully saturated rings. The molecule has 0 bridgehead atoms. The topological polar surface area (TPSA) is 96.8 Å². The number of rotatable bonds is 5. The number of benzene rings is 1. The Morgan fingerprint density at radius 2 is 1.89 bits per heavy atom. The number of morpholine rings is 1. The third kappa shape index (κ3) is 3.85. The van der Waals surface area contributed by atoms with Crippen LogP contribution in [0, 0.1) is 0 Å². The van der Waals surface area contributed by atoms with Gasteiger partial charge >= 0.3 is 167 Å². The fourth-order valence-corrected chi connectivity index (χ4v) is 5.75. The second kappa shape index (κ2) is 8.46. The summed E-state index contributed by atoms with van der Waals surface area (Å²) >= 11 is -0.0805. The van der Waals surface area contributed by atoms with Gasteiger partial charge in [-0.15, -0.1) is 0 Å². The van der Waals surface area contributed by atoms with Gasteiger partial charge in [0.15, 0.2) is 0 Å². The van der Waals surface area contributed by atoms with E-state index in [1.165, 1.54) is 16.8 Å². The first kappa shape index (κ1) is 19.2. The third-order valence-electron chi connectivity index (χ3n) is 4.66. The summed E-state index contributed by atoms with van der Waals surface area (Å²) in [6.07, 6.45) is 0.251. The Kier molecular flexibility index (Phi) is 5.79. The van der Waals surface area contributed by atoms with Crippen LogP contribution >= 0.6 is 0 Å². The van der Waals surface area contributed by atoms with Crippen LogP contribution in [0.4, 0.5) is 0 Å². The zero-order chi connectivity index (χ0) is 19.5. The fourth-order valence-electron chi connectivity index (χ4n) is 3.35. The van der Waals surface area contributed by atoms with E-state index in [1.807, 2.05) is 18.2 Å². The molecular formula is C19H21N3O5Se. The molecule has 1 aromatic carbocycles. The summed E-state index contributed by atoms with van der Waals surface area (Å²) in [5, 5.41) is 9.97. The van der Waals surface area contributed by atoms with Crippen molar-refractivity contribution in [3.8, 4) is 0 Å². The number of aliphatic hydroxyl groups excluding tert-OH is 1. The standard InChI is InChI=1S/C19H21N3O5Se/c23-12-14-17(28-13-4-2-1-3-5-13)16(21-8-10-26-11-9-21)18(27-14)22-7-6-15(24)20-19(22)25/h1-7,14,18,23H,8-12H2,(H,20,24,25)/t14-,18-/m1/s1. The SMILES string of the molecule is O=c1ccn([C@@H]2O[C@H](CO)C([Se]c3ccccc3)=C2N2CCOCC2)c(=O)[nH]1. The zero-order valence-corrected chi connectivity index (χ0v) is 16.8. The molecule has 9 heteroatoms. The quantitative estimate of drug-likeness (QED) is 0.568. The Balaban J connectivity index is 1.80. The number of aliphatic hydroxyl groups is 1. The van der Waals surface area contributed by atoms with Crippen LogP contribution in [-0.4, -0.2) is 73.5 Å². The molecule has 2 aliphatic heterocycles. The van der Waals surface area contributed by atoms with Crippen molar-refractivity contribution in [1.29, 1.82) is 0 Å². The fraction of sp³-hybridized carbons (Fsp3) is 0.368. The van der Waals surface area contributed by atoms with Gasteiger partial charge in [0, 0.05) is 0 Å². The molecule has 1 aromatic heterocycles. The van der Waals surface area contributed by atoms with Crippen LogP contribution in [0.1, 0.15) is 6.23 Å². The maximum absolute atomic E-state index is 12.4. The molecule has 0 aliphatic carbocycles. The van der Waals surface area contributed by atoms with Crippen LogP contribution in [0.15, 0.2) is 62.4 Å². The van der Waals surface area contributed by atoms with Gasteiger partial charge in [0.05, 0.1) is 0 Å². The molecular weight excluding hydrogens is 429 g/mol. The molecule has 2 atom stereocenters. The van der Waals surface area contributed by atoms with Crippen LogP contribution in [0.5, 0.6) is 0 Å². The van der Waals surface area contributed by atoms with Gasteiger partial charge in [-0.1, -0.05) is 0 Å². The minimum atomic E-state index is -0.694. The third-order valence-corrected chi connectivity index (χ3v) is 7.18. The number of nitrogens with zero attached hydrogens (tertiary/aromatic N) is 2. The second-order valence-electron chi connectivity index (χ2n) is 6.44. The Hall–Kier alpha value is -2.16. The Morgan fingerprint density at radius 3 is 2.57 bits per heavy atom. The van der Waals surface area contributed by atoms with Crippen molar-refractivity contribution < 1.29 is 14.6 Å². The molecule has 8 nitrogen and oxygen atoms in total. The van der Waals surface area contributed by atoms with Gasteiger partial charge in [0.25, 0.3) is 0 Å². The van der Waals surface area contributed by atoms with Crippen molar-refractivity contribution in [2.24, 2.45) is 0 Å². The van der Waals surface area contributed by atoms with Crippen molar-refractivity contribution in [2.45, 2.75) is 12.3 Å². The Labute approximate surface area is 167 Å². The molecule has 3 heterocycles. The van der Waals surface area contributed by atoms with Gasteiger partial charge < -0.3 is 0 Å². The second-order valence-corrected chi connectivity index (χ2v) is 8.78. The summed E-state index contributed by atoms with van der Waals surface area (Å²) in [6.45, 7) is 2.37. The van der Waals surface area contributed by atoms with Gasteiger partial charge in [-0.25, -0.2) is 0 Å². The average Bonchev–Trinajstić information content (AvgIpc) is 3.07. The maximum atomic E-state index is 12.4. The van der Waals surface area contributed by atoms with Crippen molar-refractivity contribution in [1.82, 2.24) is 14.5 Å². The van der Waals surface area contributed by atoms with E-state index in [0.29, 0.717) is 26.3 Å². The minimum absolute atomic E-state index is 0.0805. The van der Waals surface area contributed by atoms with Gasteiger partial charge in [0.2, 0.25) is 0 Å². The predicted molar refractivity (Wildman–Crippen MR) is 104 cm³/mol. The van der Waals surface area contributed by atoms with Crippen molar-refractivity contribution >= 4 is 19.4 Å². The van der Waals surface area contributed by atoms with E-state index in [4.69, 9.17) is 9.47 Å². The number of H-pyrrole nitrogens is 1. The molecule has 28 heavy (non-hydrogen) atoms. The molecule has 0 saturated carbocycles. The average molecular weight is 450 g/mol. The molecule has 0 unspecified atom stereocenters. The first-order valence-electron chi connectivity index (χ1n) is 9.05. The number of ether oxygens (including phenoxy) is 2. The number of aromatic nitrogens is 2. The van der Waals surface area contributed by atoms with E-state index in [-0.39, 0.29) is 21.6 Å². The van der Waals surface area contributed by atoms with Crippen LogP contribution in [0.25, 0.3) is 0 Å². The van der Waals surface area contributed by atoms with Gasteiger partial charge in [-0.05, 0) is 0 Å². The molecule has 0 amide bonds. The van der Waals surface area contributed by atoms with Crippen LogP contribution in [0.2, 0.25) is 0 Å². The van der Waals surface area contributed by atoms with E-state index in [0.717, 1.165) is 14.6 Å². The summed E-state index contributed by atoms with van der Waals surface area (Å²) in [5.74, 6) is 0. The molecule has 2 aliphatic rings. The molecule has 148 valence electrons. The van der Waals surface area contributed by atoms with Gasteiger partial charge in [-0.3, -0.25) is 0 Å². The Morgan fingerprint density at radius 1 is 1.14 bits per heavy atom. The number of nitrogens with one attached hydrogen (secondary N) is 1. The molecule has 2 N–H and O–H groups in total. The van der Waals surface area contributed by atoms with E-state index in [2.05, 4.69) is 22.0 Å². The number of aromatic amines is 1. The summed E-state index contributed by atoms with van der Waals surface area (Å²) in [6, 6.07) is 11.3. The summed E-state index contributed by atoms with van der Waals surface area (Å²) in [7, 11) is 0. The molecule has 0 radical (unpaired) electrons. The monoisotopic (exact) mass is 451 g/mol. The Bertz CT molecular complexity index is 965. The van der Waals surface area contributed by atoms with Gasteiger partial charge in [-0.2, -0.15) is 0 Å². The predicted octanol–water partition coefficient (Wildman–Crippen LogP) is -1.00. The molecule has 4 rings (SSSR count). The summed E-state index contributed by atoms with van der Waals surface area (Å²) in [5.41, 5.74) is -0.0997. The molecule has 1 saturated heterocycles. The zero-order valence-electron chi connectivity index (χ0n) is 15.1. The van der Waals surface area contributed by atoms with E-state index in [9.17, 15) is 14.7 Å². The summed E-state index contributed by atoms with van der Waals surface area (Å²) < 4.78 is 15.1. The first-order chi connectivity index (χ1) is 13.7. The normalized spacial score (nSPS) is 22.7. The van der Waals surface area contributed by atoms with Crippen LogP contribution in [0.3, 0.4) is 0 Å². The number of hydrogen-bond acceptors (Lipinski definition) is 6. The molecule has 0 spiro atoms. The number of hydrogen-bond donors (Lipinski definition) is 2. The van der Waals surface area contributed by atoms with Crippen molar-refractivity contribution in [3.63, 3.8) is 0 Å². The van der Waals surface area contributed by atoms with E-state index >= 15 is 0 Å². The van der Waals surface area contributed by atoms with Crippen molar-refractivity contribution in [2.75, 3.05) is 32.9 Å². The molecule has 2 aromatic rings. The van der Waals surface area contributed by atoms with E-state index in [1.54, 1.807) is 0 Å². The van der Waals surface area contributed by atoms with Crippen molar-refractivity contribution in [3.05, 3.63) is 73.6 Å². The van der Waals surface area contributed by atoms with Gasteiger partial charge in [0.1, 0.15) is 0 Å². The van der Waals surface area contributed by atoms with Crippen LogP contribution < -0.4 is 15.7 Å². The van der Waals surface area contributed by atoms with E-state index < -0.39 is 23.6 Å². The summed E-state index contributed by atoms with van der Waals surface area (Å²) in [4.78, 5) is 28.4. The van der Waals surface area contributed by atoms with Crippen LogP contribution in [-0.2, 0) is 9.47 Å². The first-order valence-corrected chi connectivity index (χ1v) is 10.8.